The van der Waals surface area contributed by atoms with Gasteiger partial charge in [0.25, 0.3) is 0 Å². The van der Waals surface area contributed by atoms with Crippen LogP contribution >= 0.6 is 0 Å². The van der Waals surface area contributed by atoms with Crippen LogP contribution in [0.25, 0.3) is 11.5 Å². The monoisotopic (exact) mass is 417 g/mol. The molecule has 0 aliphatic heterocycles. The third kappa shape index (κ3) is 5.34. The number of benzene rings is 2. The highest BCUT2D eigenvalue weighted by molar-refractivity contribution is 5.83. The van der Waals surface area contributed by atoms with Gasteiger partial charge in [0.1, 0.15) is 17.8 Å². The topological polar surface area (TPSA) is 70.8 Å². The number of halogens is 2. The van der Waals surface area contributed by atoms with Gasteiger partial charge in [0.15, 0.2) is 11.5 Å². The number of nitrogens with zero attached hydrogens (tertiary/aromatic N) is 1. The molecule has 3 aromatic rings. The largest absolute Gasteiger partial charge is 0.493 e. The fraction of sp³-hybridized carbons (Fsp3) is 0.273. The molecule has 0 bridgehead atoms. The summed E-state index contributed by atoms with van der Waals surface area (Å²) in [6.45, 7) is -0.613. The quantitative estimate of drug-likeness (QED) is 0.476. The van der Waals surface area contributed by atoms with Gasteiger partial charge >= 0.3 is 6.61 Å². The van der Waals surface area contributed by atoms with Crippen LogP contribution in [0, 0.1) is 0 Å². The molecule has 0 amide bonds. The number of hydrogen-bond donors (Lipinski definition) is 0. The van der Waals surface area contributed by atoms with Crippen LogP contribution in [0.3, 0.4) is 0 Å². The van der Waals surface area contributed by atoms with Crippen molar-refractivity contribution in [2.45, 2.75) is 26.4 Å². The number of ether oxygens (including phenoxy) is 3. The van der Waals surface area contributed by atoms with Crippen LogP contribution in [0.4, 0.5) is 8.78 Å². The van der Waals surface area contributed by atoms with Gasteiger partial charge < -0.3 is 18.6 Å². The van der Waals surface area contributed by atoms with Gasteiger partial charge in [0, 0.05) is 17.5 Å². The van der Waals surface area contributed by atoms with E-state index in [2.05, 4.69) is 9.72 Å². The zero-order valence-corrected chi connectivity index (χ0v) is 16.6. The summed E-state index contributed by atoms with van der Waals surface area (Å²) < 4.78 is 45.8. The first-order valence-electron chi connectivity index (χ1n) is 9.30. The molecule has 158 valence electrons. The van der Waals surface area contributed by atoms with E-state index in [1.54, 1.807) is 43.5 Å². The fourth-order valence-corrected chi connectivity index (χ4v) is 2.94. The van der Waals surface area contributed by atoms with Crippen molar-refractivity contribution in [3.8, 4) is 28.7 Å². The lowest BCUT2D eigenvalue weighted by Gasteiger charge is -2.09. The second kappa shape index (κ2) is 9.87. The summed E-state index contributed by atoms with van der Waals surface area (Å²) >= 11 is 0. The zero-order valence-electron chi connectivity index (χ0n) is 16.6. The maximum absolute atomic E-state index is 12.5. The minimum absolute atomic E-state index is 0.000977. The van der Waals surface area contributed by atoms with E-state index in [-0.39, 0.29) is 24.4 Å². The molecule has 0 saturated carbocycles. The lowest BCUT2D eigenvalue weighted by atomic mass is 10.1. The number of carbonyl (C=O) groups excluding carboxylic acids is 1. The third-order valence-electron chi connectivity index (χ3n) is 4.22. The standard InChI is InChI=1S/C22H21F2NO5/c1-3-28-20-11-15(8-9-19(20)27-2)21-25-16(13-29-21)12-17(26)10-14-6-4-5-7-18(14)30-22(23)24/h4-9,11,13,22H,3,10,12H2,1-2H3. The Labute approximate surface area is 172 Å². The number of carbonyl (C=O) groups is 1. The molecule has 3 rings (SSSR count). The number of methoxy groups -OCH3 is 1. The second-order valence-corrected chi connectivity index (χ2v) is 6.32. The first-order chi connectivity index (χ1) is 14.5. The molecule has 0 saturated heterocycles. The van der Waals surface area contributed by atoms with E-state index < -0.39 is 6.61 Å². The van der Waals surface area contributed by atoms with Crippen LogP contribution in [-0.4, -0.2) is 31.1 Å². The molecular weight excluding hydrogens is 396 g/mol. The average Bonchev–Trinajstić information content (AvgIpc) is 3.17. The Hall–Kier alpha value is -3.42. The zero-order chi connectivity index (χ0) is 21.5. The molecular formula is C22H21F2NO5. The number of Topliss-reactive ketones (excluding diaryl/α,β-unsaturated/α-hetero) is 1. The molecule has 1 heterocycles. The molecule has 6 nitrogen and oxygen atoms in total. The van der Waals surface area contributed by atoms with Crippen molar-refractivity contribution >= 4 is 5.78 Å². The van der Waals surface area contributed by atoms with Crippen molar-refractivity contribution in [3.63, 3.8) is 0 Å². The molecule has 0 aliphatic rings. The molecule has 0 atom stereocenters. The Morgan fingerprint density at radius 2 is 1.90 bits per heavy atom. The Morgan fingerprint density at radius 1 is 1.10 bits per heavy atom. The van der Waals surface area contributed by atoms with Gasteiger partial charge in [-0.25, -0.2) is 4.98 Å². The van der Waals surface area contributed by atoms with E-state index in [0.717, 1.165) is 0 Å². The fourth-order valence-electron chi connectivity index (χ4n) is 2.94. The first kappa shape index (κ1) is 21.3. The van der Waals surface area contributed by atoms with Crippen LogP contribution in [-0.2, 0) is 17.6 Å². The number of hydrogen-bond acceptors (Lipinski definition) is 6. The van der Waals surface area contributed by atoms with Gasteiger partial charge in [0.2, 0.25) is 5.89 Å². The molecule has 0 fully saturated rings. The normalized spacial score (nSPS) is 10.8. The van der Waals surface area contributed by atoms with Crippen LogP contribution in [0.2, 0.25) is 0 Å². The number of ketones is 1. The van der Waals surface area contributed by atoms with Gasteiger partial charge in [-0.15, -0.1) is 0 Å². The minimum atomic E-state index is -2.95. The van der Waals surface area contributed by atoms with E-state index >= 15 is 0 Å². The SMILES string of the molecule is CCOc1cc(-c2nc(CC(=O)Cc3ccccc3OC(F)F)co2)ccc1OC. The highest BCUT2D eigenvalue weighted by Gasteiger charge is 2.16. The molecule has 0 radical (unpaired) electrons. The molecule has 30 heavy (non-hydrogen) atoms. The van der Waals surface area contributed by atoms with Gasteiger partial charge in [-0.3, -0.25) is 4.79 Å². The number of aromatic nitrogens is 1. The molecule has 0 N–H and O–H groups in total. The Balaban J connectivity index is 1.70. The summed E-state index contributed by atoms with van der Waals surface area (Å²) in [7, 11) is 1.55. The molecule has 0 spiro atoms. The summed E-state index contributed by atoms with van der Waals surface area (Å²) in [4.78, 5) is 16.8. The lowest BCUT2D eigenvalue weighted by Crippen LogP contribution is -2.10. The summed E-state index contributed by atoms with van der Waals surface area (Å²) in [5, 5.41) is 0. The average molecular weight is 417 g/mol. The second-order valence-electron chi connectivity index (χ2n) is 6.32. The summed E-state index contributed by atoms with van der Waals surface area (Å²) in [6, 6.07) is 11.5. The maximum atomic E-state index is 12.5. The van der Waals surface area contributed by atoms with E-state index in [1.807, 2.05) is 6.92 Å². The van der Waals surface area contributed by atoms with Gasteiger partial charge in [0.05, 0.1) is 25.8 Å². The van der Waals surface area contributed by atoms with E-state index in [0.29, 0.717) is 40.8 Å². The van der Waals surface area contributed by atoms with Crippen molar-refractivity contribution in [3.05, 3.63) is 60.0 Å². The van der Waals surface area contributed by atoms with Crippen LogP contribution in [0.1, 0.15) is 18.2 Å². The minimum Gasteiger partial charge on any atom is -0.493 e. The molecule has 2 aromatic carbocycles. The van der Waals surface area contributed by atoms with Crippen LogP contribution in [0.15, 0.2) is 53.1 Å². The molecule has 0 aliphatic carbocycles. The molecule has 1 aromatic heterocycles. The summed E-state index contributed by atoms with van der Waals surface area (Å²) in [5.41, 5.74) is 1.51. The van der Waals surface area contributed by atoms with E-state index in [1.165, 1.54) is 12.3 Å². The Kier molecular flexibility index (Phi) is 7.00. The third-order valence-corrected chi connectivity index (χ3v) is 4.22. The lowest BCUT2D eigenvalue weighted by molar-refractivity contribution is -0.118. The first-order valence-corrected chi connectivity index (χ1v) is 9.30. The van der Waals surface area contributed by atoms with Crippen molar-refractivity contribution in [2.24, 2.45) is 0 Å². The maximum Gasteiger partial charge on any atom is 0.387 e. The van der Waals surface area contributed by atoms with E-state index in [9.17, 15) is 13.6 Å². The van der Waals surface area contributed by atoms with Crippen molar-refractivity contribution in [1.29, 1.82) is 0 Å². The van der Waals surface area contributed by atoms with E-state index in [4.69, 9.17) is 13.9 Å². The van der Waals surface area contributed by atoms with Crippen molar-refractivity contribution < 1.29 is 32.2 Å². The van der Waals surface area contributed by atoms with Gasteiger partial charge in [-0.1, -0.05) is 18.2 Å². The molecule has 8 heteroatoms. The highest BCUT2D eigenvalue weighted by atomic mass is 19.3. The predicted octanol–water partition coefficient (Wildman–Crippen LogP) is 4.70. The number of para-hydroxylation sites is 1. The highest BCUT2D eigenvalue weighted by Crippen LogP contribution is 2.32. The molecule has 0 unspecified atom stereocenters. The van der Waals surface area contributed by atoms with Crippen LogP contribution in [0.5, 0.6) is 17.2 Å². The Morgan fingerprint density at radius 3 is 2.63 bits per heavy atom. The Bertz CT molecular complexity index is 1000. The number of oxazole rings is 1. The smallest absolute Gasteiger partial charge is 0.387 e. The van der Waals surface area contributed by atoms with Gasteiger partial charge in [-0.05, 0) is 31.2 Å². The van der Waals surface area contributed by atoms with Gasteiger partial charge in [-0.2, -0.15) is 8.78 Å². The van der Waals surface area contributed by atoms with Crippen molar-refractivity contribution in [1.82, 2.24) is 4.98 Å². The van der Waals surface area contributed by atoms with Crippen LogP contribution < -0.4 is 14.2 Å². The summed E-state index contributed by atoms with van der Waals surface area (Å²) in [5.74, 6) is 1.27. The summed E-state index contributed by atoms with van der Waals surface area (Å²) in [6.07, 6.45) is 1.35. The number of rotatable bonds is 10. The predicted molar refractivity (Wildman–Crippen MR) is 105 cm³/mol. The van der Waals surface area contributed by atoms with Crippen molar-refractivity contribution in [2.75, 3.05) is 13.7 Å². The number of alkyl halides is 2.